The number of ether oxygens (including phenoxy) is 1. The second-order valence-electron chi connectivity index (χ2n) is 5.06. The number of hydrogen-bond donors (Lipinski definition) is 1. The minimum Gasteiger partial charge on any atom is -0.367 e. The normalized spacial score (nSPS) is 27.4. The van der Waals surface area contributed by atoms with E-state index in [1.54, 1.807) is 0 Å². The SMILES string of the molecule is CCc1nc(C2(C)CCCO2)nc2c1CNC2. The van der Waals surface area contributed by atoms with Gasteiger partial charge in [0.05, 0.1) is 5.69 Å². The van der Waals surface area contributed by atoms with Crippen molar-refractivity contribution in [2.24, 2.45) is 0 Å². The molecule has 0 amide bonds. The van der Waals surface area contributed by atoms with Crippen LogP contribution in [-0.2, 0) is 29.8 Å². The van der Waals surface area contributed by atoms with Gasteiger partial charge < -0.3 is 10.1 Å². The third kappa shape index (κ3) is 1.76. The number of nitrogens with one attached hydrogen (secondary N) is 1. The van der Waals surface area contributed by atoms with Gasteiger partial charge in [0.1, 0.15) is 5.60 Å². The maximum atomic E-state index is 5.84. The molecular formula is C13H19N3O. The molecule has 0 radical (unpaired) electrons. The predicted molar refractivity (Wildman–Crippen MR) is 64.5 cm³/mol. The van der Waals surface area contributed by atoms with E-state index in [9.17, 15) is 0 Å². The standard InChI is InChI=1S/C13H19N3O/c1-3-10-9-7-14-8-11(9)16-12(15-10)13(2)5-4-6-17-13/h14H,3-8H2,1-2H3. The first-order valence-electron chi connectivity index (χ1n) is 6.47. The quantitative estimate of drug-likeness (QED) is 0.844. The predicted octanol–water partition coefficient (Wildman–Crippen LogP) is 1.67. The molecule has 0 spiro atoms. The van der Waals surface area contributed by atoms with Crippen LogP contribution in [0.5, 0.6) is 0 Å². The largest absolute Gasteiger partial charge is 0.367 e. The number of hydrogen-bond acceptors (Lipinski definition) is 4. The Kier molecular flexibility index (Phi) is 2.64. The van der Waals surface area contributed by atoms with E-state index < -0.39 is 0 Å². The molecule has 4 heteroatoms. The van der Waals surface area contributed by atoms with E-state index in [0.717, 1.165) is 44.8 Å². The van der Waals surface area contributed by atoms with Gasteiger partial charge in [-0.15, -0.1) is 0 Å². The highest BCUT2D eigenvalue weighted by molar-refractivity contribution is 5.30. The number of aryl methyl sites for hydroxylation is 1. The highest BCUT2D eigenvalue weighted by Crippen LogP contribution is 2.34. The minimum absolute atomic E-state index is 0.262. The van der Waals surface area contributed by atoms with Gasteiger partial charge in [-0.3, -0.25) is 0 Å². The summed E-state index contributed by atoms with van der Waals surface area (Å²) in [6, 6.07) is 0. The minimum atomic E-state index is -0.262. The third-order valence-corrected chi connectivity index (χ3v) is 3.80. The Bertz CT molecular complexity index is 439. The number of aromatic nitrogens is 2. The number of rotatable bonds is 2. The van der Waals surface area contributed by atoms with Crippen LogP contribution >= 0.6 is 0 Å². The summed E-state index contributed by atoms with van der Waals surface area (Å²) < 4.78 is 5.84. The topological polar surface area (TPSA) is 47.0 Å². The van der Waals surface area contributed by atoms with E-state index in [-0.39, 0.29) is 5.60 Å². The Morgan fingerprint density at radius 1 is 1.35 bits per heavy atom. The Labute approximate surface area is 102 Å². The molecule has 92 valence electrons. The Morgan fingerprint density at radius 2 is 2.24 bits per heavy atom. The van der Waals surface area contributed by atoms with Crippen molar-refractivity contribution < 1.29 is 4.74 Å². The maximum Gasteiger partial charge on any atom is 0.160 e. The van der Waals surface area contributed by atoms with Crippen LogP contribution < -0.4 is 5.32 Å². The van der Waals surface area contributed by atoms with Crippen molar-refractivity contribution in [3.63, 3.8) is 0 Å². The van der Waals surface area contributed by atoms with Crippen LogP contribution in [0.2, 0.25) is 0 Å². The Morgan fingerprint density at radius 3 is 2.94 bits per heavy atom. The van der Waals surface area contributed by atoms with Crippen LogP contribution in [0.4, 0.5) is 0 Å². The van der Waals surface area contributed by atoms with Gasteiger partial charge in [-0.1, -0.05) is 6.92 Å². The van der Waals surface area contributed by atoms with E-state index in [0.29, 0.717) is 0 Å². The average molecular weight is 233 g/mol. The summed E-state index contributed by atoms with van der Waals surface area (Å²) in [6.45, 7) is 6.88. The first-order valence-corrected chi connectivity index (χ1v) is 6.47. The molecule has 1 N–H and O–H groups in total. The fourth-order valence-electron chi connectivity index (χ4n) is 2.72. The molecule has 3 heterocycles. The van der Waals surface area contributed by atoms with Crippen LogP contribution in [0.1, 0.15) is 49.5 Å². The lowest BCUT2D eigenvalue weighted by Crippen LogP contribution is -2.25. The van der Waals surface area contributed by atoms with Gasteiger partial charge in [0.15, 0.2) is 5.82 Å². The molecule has 2 aliphatic heterocycles. The van der Waals surface area contributed by atoms with Crippen molar-refractivity contribution in [2.45, 2.75) is 51.8 Å². The lowest BCUT2D eigenvalue weighted by Gasteiger charge is -2.22. The van der Waals surface area contributed by atoms with E-state index in [1.807, 2.05) is 0 Å². The molecule has 17 heavy (non-hydrogen) atoms. The number of nitrogens with zero attached hydrogens (tertiary/aromatic N) is 2. The van der Waals surface area contributed by atoms with Crippen LogP contribution in [0.25, 0.3) is 0 Å². The third-order valence-electron chi connectivity index (χ3n) is 3.80. The molecule has 1 atom stereocenters. The van der Waals surface area contributed by atoms with Crippen molar-refractivity contribution in [3.8, 4) is 0 Å². The van der Waals surface area contributed by atoms with Crippen LogP contribution in [0.3, 0.4) is 0 Å². The Hall–Kier alpha value is -1.00. The molecule has 2 aliphatic rings. The van der Waals surface area contributed by atoms with E-state index in [2.05, 4.69) is 19.2 Å². The summed E-state index contributed by atoms with van der Waals surface area (Å²) >= 11 is 0. The maximum absolute atomic E-state index is 5.84. The van der Waals surface area contributed by atoms with E-state index in [1.165, 1.54) is 17.0 Å². The van der Waals surface area contributed by atoms with E-state index >= 15 is 0 Å². The summed E-state index contributed by atoms with van der Waals surface area (Å²) in [5.74, 6) is 0.884. The molecule has 0 bridgehead atoms. The van der Waals surface area contributed by atoms with Crippen molar-refractivity contribution in [2.75, 3.05) is 6.61 Å². The Balaban J connectivity index is 2.06. The zero-order chi connectivity index (χ0) is 11.9. The first kappa shape index (κ1) is 11.1. The van der Waals surface area contributed by atoms with Crippen molar-refractivity contribution in [1.29, 1.82) is 0 Å². The molecule has 4 nitrogen and oxygen atoms in total. The van der Waals surface area contributed by atoms with Crippen molar-refractivity contribution in [3.05, 3.63) is 22.8 Å². The van der Waals surface area contributed by atoms with Gasteiger partial charge in [0.25, 0.3) is 0 Å². The highest BCUT2D eigenvalue weighted by atomic mass is 16.5. The van der Waals surface area contributed by atoms with Crippen LogP contribution in [0, 0.1) is 0 Å². The lowest BCUT2D eigenvalue weighted by atomic mass is 10.0. The van der Waals surface area contributed by atoms with E-state index in [4.69, 9.17) is 14.7 Å². The second-order valence-corrected chi connectivity index (χ2v) is 5.06. The fraction of sp³-hybridized carbons (Fsp3) is 0.692. The van der Waals surface area contributed by atoms with Crippen molar-refractivity contribution in [1.82, 2.24) is 15.3 Å². The van der Waals surface area contributed by atoms with Crippen LogP contribution in [0.15, 0.2) is 0 Å². The second kappa shape index (κ2) is 4.03. The average Bonchev–Trinajstić information content (AvgIpc) is 2.96. The van der Waals surface area contributed by atoms with Gasteiger partial charge >= 0.3 is 0 Å². The van der Waals surface area contributed by atoms with Gasteiger partial charge in [0, 0.05) is 31.0 Å². The summed E-state index contributed by atoms with van der Waals surface area (Å²) in [7, 11) is 0. The molecule has 1 aromatic heterocycles. The molecule has 1 saturated heterocycles. The van der Waals surface area contributed by atoms with Gasteiger partial charge in [-0.25, -0.2) is 9.97 Å². The molecule has 1 aromatic rings. The first-order chi connectivity index (χ1) is 8.23. The molecular weight excluding hydrogens is 214 g/mol. The fourth-order valence-corrected chi connectivity index (χ4v) is 2.72. The smallest absolute Gasteiger partial charge is 0.160 e. The van der Waals surface area contributed by atoms with Gasteiger partial charge in [0.2, 0.25) is 0 Å². The summed E-state index contributed by atoms with van der Waals surface area (Å²) in [5.41, 5.74) is 3.40. The molecule has 1 fully saturated rings. The zero-order valence-electron chi connectivity index (χ0n) is 10.5. The van der Waals surface area contributed by atoms with Crippen molar-refractivity contribution >= 4 is 0 Å². The highest BCUT2D eigenvalue weighted by Gasteiger charge is 2.36. The molecule has 1 unspecified atom stereocenters. The van der Waals surface area contributed by atoms with Crippen LogP contribution in [-0.4, -0.2) is 16.6 Å². The number of fused-ring (bicyclic) bond motifs is 1. The summed E-state index contributed by atoms with van der Waals surface area (Å²) in [6.07, 6.45) is 3.11. The summed E-state index contributed by atoms with van der Waals surface area (Å²) in [5, 5.41) is 3.35. The lowest BCUT2D eigenvalue weighted by molar-refractivity contribution is 0.00898. The molecule has 0 aromatic carbocycles. The molecule has 0 aliphatic carbocycles. The van der Waals surface area contributed by atoms with Gasteiger partial charge in [-0.2, -0.15) is 0 Å². The molecule has 3 rings (SSSR count). The monoisotopic (exact) mass is 233 g/mol. The van der Waals surface area contributed by atoms with Gasteiger partial charge in [-0.05, 0) is 26.2 Å². The zero-order valence-corrected chi connectivity index (χ0v) is 10.5. The molecule has 0 saturated carbocycles. The summed E-state index contributed by atoms with van der Waals surface area (Å²) in [4.78, 5) is 9.46.